The molecule has 1 fully saturated rings. The van der Waals surface area contributed by atoms with Crippen molar-refractivity contribution in [3.05, 3.63) is 48.6 Å². The summed E-state index contributed by atoms with van der Waals surface area (Å²) in [5.74, 6) is -0.0402. The molecule has 0 unspecified atom stereocenters. The van der Waals surface area contributed by atoms with E-state index in [9.17, 15) is 4.79 Å². The van der Waals surface area contributed by atoms with Gasteiger partial charge in [0.1, 0.15) is 6.10 Å². The number of ether oxygens (including phenoxy) is 1. The molecule has 1 aromatic carbocycles. The van der Waals surface area contributed by atoms with E-state index in [1.807, 2.05) is 44.3 Å². The number of carbonyl (C=O) groups is 1. The zero-order valence-corrected chi connectivity index (χ0v) is 11.4. The molecule has 1 saturated heterocycles. The number of morpholine rings is 1. The summed E-state index contributed by atoms with van der Waals surface area (Å²) in [4.78, 5) is 13.9. The number of hydrogen-bond donors (Lipinski definition) is 1. The first-order valence-corrected chi connectivity index (χ1v) is 6.46. The van der Waals surface area contributed by atoms with Crippen molar-refractivity contribution in [3.8, 4) is 0 Å². The van der Waals surface area contributed by atoms with Crippen LogP contribution in [0.5, 0.6) is 0 Å². The van der Waals surface area contributed by atoms with Gasteiger partial charge in [0, 0.05) is 13.6 Å². The minimum atomic E-state index is -0.607. The van der Waals surface area contributed by atoms with Gasteiger partial charge in [-0.2, -0.15) is 0 Å². The Morgan fingerprint density at radius 1 is 1.42 bits per heavy atom. The van der Waals surface area contributed by atoms with Crippen LogP contribution in [0.3, 0.4) is 0 Å². The summed E-state index contributed by atoms with van der Waals surface area (Å²) >= 11 is 0. The molecule has 19 heavy (non-hydrogen) atoms. The van der Waals surface area contributed by atoms with Crippen LogP contribution in [-0.4, -0.2) is 36.7 Å². The van der Waals surface area contributed by atoms with Crippen molar-refractivity contribution in [2.24, 2.45) is 0 Å². The van der Waals surface area contributed by atoms with Crippen molar-refractivity contribution in [2.75, 3.05) is 13.6 Å². The van der Waals surface area contributed by atoms with Crippen LogP contribution in [0.4, 0.5) is 0 Å². The first kappa shape index (κ1) is 13.8. The van der Waals surface area contributed by atoms with Crippen molar-refractivity contribution >= 4 is 5.91 Å². The van der Waals surface area contributed by atoms with Gasteiger partial charge in [-0.3, -0.25) is 10.1 Å². The Balaban J connectivity index is 2.19. The molecule has 4 heteroatoms. The van der Waals surface area contributed by atoms with Gasteiger partial charge in [-0.1, -0.05) is 36.4 Å². The topological polar surface area (TPSA) is 41.6 Å². The highest BCUT2D eigenvalue weighted by Crippen LogP contribution is 2.29. The lowest BCUT2D eigenvalue weighted by molar-refractivity contribution is -0.172. The number of nitrogens with zero attached hydrogens (tertiary/aromatic N) is 1. The number of likely N-dealkylation sites (N-methyl/N-ethyl adjacent to an activating group) is 1. The molecule has 0 saturated carbocycles. The third-order valence-electron chi connectivity index (χ3n) is 3.48. The number of rotatable bonds is 4. The van der Waals surface area contributed by atoms with E-state index in [1.54, 1.807) is 11.0 Å². The van der Waals surface area contributed by atoms with E-state index in [2.05, 4.69) is 11.9 Å². The average Bonchev–Trinajstić information content (AvgIpc) is 2.45. The Morgan fingerprint density at radius 2 is 2.11 bits per heavy atom. The standard InChI is InChI=1S/C15H20N2O2/c1-4-10-16-14-15(18)17(3)11(2)13(19-14)12-8-6-5-7-9-12/h4-9,11,13-14,16H,1,10H2,2-3H3/t11-,13+,14+/m0/s1. The largest absolute Gasteiger partial charge is 0.344 e. The second-order valence-electron chi connectivity index (χ2n) is 4.73. The predicted octanol–water partition coefficient (Wildman–Crippen LogP) is 1.71. The molecule has 3 atom stereocenters. The summed E-state index contributed by atoms with van der Waals surface area (Å²) in [6.07, 6.45) is 0.988. The fourth-order valence-corrected chi connectivity index (χ4v) is 2.23. The lowest BCUT2D eigenvalue weighted by Gasteiger charge is -2.41. The number of nitrogens with one attached hydrogen (secondary N) is 1. The van der Waals surface area contributed by atoms with Crippen molar-refractivity contribution in [3.63, 3.8) is 0 Å². The maximum absolute atomic E-state index is 12.1. The van der Waals surface area contributed by atoms with Crippen LogP contribution in [0.2, 0.25) is 0 Å². The van der Waals surface area contributed by atoms with Crippen LogP contribution in [0, 0.1) is 0 Å². The second kappa shape index (κ2) is 5.99. The van der Waals surface area contributed by atoms with E-state index >= 15 is 0 Å². The maximum Gasteiger partial charge on any atom is 0.266 e. The van der Waals surface area contributed by atoms with Crippen LogP contribution in [0.15, 0.2) is 43.0 Å². The van der Waals surface area contributed by atoms with Gasteiger partial charge in [-0.15, -0.1) is 6.58 Å². The molecule has 4 nitrogen and oxygen atoms in total. The van der Waals surface area contributed by atoms with Crippen LogP contribution in [0.1, 0.15) is 18.6 Å². The van der Waals surface area contributed by atoms with Crippen LogP contribution >= 0.6 is 0 Å². The van der Waals surface area contributed by atoms with E-state index in [0.29, 0.717) is 6.54 Å². The van der Waals surface area contributed by atoms with Crippen molar-refractivity contribution in [1.82, 2.24) is 10.2 Å². The fraction of sp³-hybridized carbons (Fsp3) is 0.400. The highest BCUT2D eigenvalue weighted by atomic mass is 16.5. The summed E-state index contributed by atoms with van der Waals surface area (Å²) in [7, 11) is 1.81. The second-order valence-corrected chi connectivity index (χ2v) is 4.73. The van der Waals surface area contributed by atoms with Crippen molar-refractivity contribution in [1.29, 1.82) is 0 Å². The van der Waals surface area contributed by atoms with Gasteiger partial charge in [0.05, 0.1) is 6.04 Å². The summed E-state index contributed by atoms with van der Waals surface area (Å²) in [6, 6.07) is 9.99. The lowest BCUT2D eigenvalue weighted by Crippen LogP contribution is -2.56. The molecule has 2 rings (SSSR count). The zero-order chi connectivity index (χ0) is 13.8. The van der Waals surface area contributed by atoms with Crippen LogP contribution in [0.25, 0.3) is 0 Å². The normalized spacial score (nSPS) is 27.4. The Bertz CT molecular complexity index is 447. The van der Waals surface area contributed by atoms with Gasteiger partial charge in [0.15, 0.2) is 6.23 Å². The zero-order valence-electron chi connectivity index (χ0n) is 11.4. The predicted molar refractivity (Wildman–Crippen MR) is 74.5 cm³/mol. The third-order valence-corrected chi connectivity index (χ3v) is 3.48. The molecular formula is C15H20N2O2. The number of benzene rings is 1. The van der Waals surface area contributed by atoms with Gasteiger partial charge in [0.25, 0.3) is 5.91 Å². The molecule has 0 radical (unpaired) electrons. The molecule has 1 aliphatic heterocycles. The monoisotopic (exact) mass is 260 g/mol. The van der Waals surface area contributed by atoms with Crippen LogP contribution < -0.4 is 5.32 Å². The van der Waals surface area contributed by atoms with Gasteiger partial charge >= 0.3 is 0 Å². The molecule has 1 aromatic rings. The summed E-state index contributed by atoms with van der Waals surface area (Å²) in [5.41, 5.74) is 1.08. The summed E-state index contributed by atoms with van der Waals surface area (Å²) in [5, 5.41) is 3.04. The molecule has 0 aliphatic carbocycles. The van der Waals surface area contributed by atoms with Crippen molar-refractivity contribution in [2.45, 2.75) is 25.3 Å². The summed E-state index contributed by atoms with van der Waals surface area (Å²) < 4.78 is 5.92. The molecule has 1 aliphatic rings. The Labute approximate surface area is 114 Å². The molecule has 102 valence electrons. The van der Waals surface area contributed by atoms with E-state index in [4.69, 9.17) is 4.74 Å². The van der Waals surface area contributed by atoms with E-state index < -0.39 is 6.23 Å². The third kappa shape index (κ3) is 2.85. The van der Waals surface area contributed by atoms with E-state index in [0.717, 1.165) is 5.56 Å². The molecule has 1 heterocycles. The van der Waals surface area contributed by atoms with E-state index in [1.165, 1.54) is 0 Å². The summed E-state index contributed by atoms with van der Waals surface area (Å²) in [6.45, 7) is 6.18. The lowest BCUT2D eigenvalue weighted by atomic mass is 10.0. The average molecular weight is 260 g/mol. The van der Waals surface area contributed by atoms with Crippen LogP contribution in [-0.2, 0) is 9.53 Å². The molecule has 0 spiro atoms. The fourth-order valence-electron chi connectivity index (χ4n) is 2.23. The van der Waals surface area contributed by atoms with Crippen molar-refractivity contribution < 1.29 is 9.53 Å². The SMILES string of the molecule is C=CCN[C@@H]1O[C@@H](c2ccccc2)[C@H](C)N(C)C1=O. The molecule has 0 bridgehead atoms. The highest BCUT2D eigenvalue weighted by molar-refractivity contribution is 5.81. The number of hydrogen-bond acceptors (Lipinski definition) is 3. The van der Waals surface area contributed by atoms with Gasteiger partial charge < -0.3 is 9.64 Å². The smallest absolute Gasteiger partial charge is 0.266 e. The number of amides is 1. The maximum atomic E-state index is 12.1. The van der Waals surface area contributed by atoms with Gasteiger partial charge in [-0.25, -0.2) is 0 Å². The molecular weight excluding hydrogens is 240 g/mol. The molecule has 1 N–H and O–H groups in total. The first-order chi connectivity index (χ1) is 9.15. The van der Waals surface area contributed by atoms with Gasteiger partial charge in [-0.05, 0) is 12.5 Å². The minimum absolute atomic E-state index is 0.0108. The van der Waals surface area contributed by atoms with E-state index in [-0.39, 0.29) is 18.1 Å². The minimum Gasteiger partial charge on any atom is -0.344 e. The Morgan fingerprint density at radius 3 is 2.74 bits per heavy atom. The first-order valence-electron chi connectivity index (χ1n) is 6.46. The van der Waals surface area contributed by atoms with Gasteiger partial charge in [0.2, 0.25) is 0 Å². The number of carbonyl (C=O) groups excluding carboxylic acids is 1. The molecule has 1 amide bonds. The Hall–Kier alpha value is -1.65. The highest BCUT2D eigenvalue weighted by Gasteiger charge is 2.38. The quantitative estimate of drug-likeness (QED) is 0.838. The molecule has 0 aromatic heterocycles. The Kier molecular flexibility index (Phi) is 4.35.